The molecule has 0 radical (unpaired) electrons. The zero-order chi connectivity index (χ0) is 14.0. The molecule has 3 heteroatoms. The molecule has 0 saturated carbocycles. The van der Waals surface area contributed by atoms with Crippen molar-refractivity contribution in [3.05, 3.63) is 58.4 Å². The van der Waals surface area contributed by atoms with Crippen LogP contribution in [-0.4, -0.2) is 7.05 Å². The molecule has 0 saturated heterocycles. The van der Waals surface area contributed by atoms with Crippen LogP contribution < -0.4 is 5.32 Å². The van der Waals surface area contributed by atoms with Gasteiger partial charge in [0, 0.05) is 16.6 Å². The van der Waals surface area contributed by atoms with Crippen LogP contribution in [0.15, 0.2) is 36.4 Å². The number of rotatable bonds is 3. The van der Waals surface area contributed by atoms with Crippen molar-refractivity contribution in [3.8, 4) is 11.1 Å². The molecule has 1 unspecified atom stereocenters. The molecule has 2 aromatic rings. The molecule has 1 nitrogen and oxygen atoms in total. The molecule has 1 atom stereocenters. The molecule has 100 valence electrons. The number of benzene rings is 2. The van der Waals surface area contributed by atoms with Gasteiger partial charge in [0.1, 0.15) is 5.82 Å². The Morgan fingerprint density at radius 1 is 1.16 bits per heavy atom. The third kappa shape index (κ3) is 2.80. The highest BCUT2D eigenvalue weighted by molar-refractivity contribution is 6.31. The third-order valence-electron chi connectivity index (χ3n) is 3.48. The monoisotopic (exact) mass is 277 g/mol. The van der Waals surface area contributed by atoms with Gasteiger partial charge in [-0.25, -0.2) is 4.39 Å². The Labute approximate surface area is 118 Å². The zero-order valence-corrected chi connectivity index (χ0v) is 12.1. The highest BCUT2D eigenvalue weighted by Crippen LogP contribution is 2.31. The molecule has 2 aromatic carbocycles. The van der Waals surface area contributed by atoms with E-state index >= 15 is 0 Å². The summed E-state index contributed by atoms with van der Waals surface area (Å²) in [6, 6.07) is 10.9. The Morgan fingerprint density at radius 2 is 1.89 bits per heavy atom. The quantitative estimate of drug-likeness (QED) is 0.855. The van der Waals surface area contributed by atoms with E-state index in [4.69, 9.17) is 11.6 Å². The van der Waals surface area contributed by atoms with Crippen LogP contribution in [0, 0.1) is 12.7 Å². The lowest BCUT2D eigenvalue weighted by atomic mass is 9.96. The van der Waals surface area contributed by atoms with E-state index < -0.39 is 0 Å². The van der Waals surface area contributed by atoms with Crippen LogP contribution in [0.4, 0.5) is 4.39 Å². The summed E-state index contributed by atoms with van der Waals surface area (Å²) in [7, 11) is 1.89. The molecule has 1 N–H and O–H groups in total. The van der Waals surface area contributed by atoms with Crippen LogP contribution in [0.2, 0.25) is 5.02 Å². The second kappa shape index (κ2) is 5.72. The van der Waals surface area contributed by atoms with Gasteiger partial charge in [0.05, 0.1) is 0 Å². The number of hydrogen-bond donors (Lipinski definition) is 1. The fourth-order valence-corrected chi connectivity index (χ4v) is 2.26. The summed E-state index contributed by atoms with van der Waals surface area (Å²) in [4.78, 5) is 0. The maximum absolute atomic E-state index is 14.1. The lowest BCUT2D eigenvalue weighted by Crippen LogP contribution is -2.12. The van der Waals surface area contributed by atoms with Gasteiger partial charge >= 0.3 is 0 Å². The van der Waals surface area contributed by atoms with Crippen LogP contribution in [0.1, 0.15) is 24.1 Å². The first-order valence-electron chi connectivity index (χ1n) is 6.26. The Morgan fingerprint density at radius 3 is 2.58 bits per heavy atom. The SMILES string of the molecule is CNC(C)c1ccc(F)c(-c2cccc(Cl)c2C)c1. The maximum Gasteiger partial charge on any atom is 0.131 e. The van der Waals surface area contributed by atoms with Crippen molar-refractivity contribution in [1.29, 1.82) is 0 Å². The van der Waals surface area contributed by atoms with Crippen molar-refractivity contribution in [1.82, 2.24) is 5.32 Å². The molecule has 0 fully saturated rings. The normalized spacial score (nSPS) is 12.5. The molecule has 0 heterocycles. The summed E-state index contributed by atoms with van der Waals surface area (Å²) >= 11 is 6.11. The second-order valence-corrected chi connectivity index (χ2v) is 5.07. The highest BCUT2D eigenvalue weighted by Gasteiger charge is 2.12. The third-order valence-corrected chi connectivity index (χ3v) is 3.89. The Balaban J connectivity index is 2.58. The van der Waals surface area contributed by atoms with Crippen molar-refractivity contribution in [2.24, 2.45) is 0 Å². The van der Waals surface area contributed by atoms with Gasteiger partial charge in [-0.3, -0.25) is 0 Å². The summed E-state index contributed by atoms with van der Waals surface area (Å²) in [6.45, 7) is 3.95. The van der Waals surface area contributed by atoms with Gasteiger partial charge in [-0.05, 0) is 55.8 Å². The van der Waals surface area contributed by atoms with E-state index in [1.165, 1.54) is 6.07 Å². The van der Waals surface area contributed by atoms with Crippen LogP contribution in [0.3, 0.4) is 0 Å². The molecule has 0 aliphatic rings. The van der Waals surface area contributed by atoms with Crippen molar-refractivity contribution in [2.75, 3.05) is 7.05 Å². The zero-order valence-electron chi connectivity index (χ0n) is 11.3. The molecule has 0 spiro atoms. The van der Waals surface area contributed by atoms with Crippen molar-refractivity contribution < 1.29 is 4.39 Å². The number of hydrogen-bond acceptors (Lipinski definition) is 1. The lowest BCUT2D eigenvalue weighted by molar-refractivity contribution is 0.622. The van der Waals surface area contributed by atoms with Gasteiger partial charge in [0.15, 0.2) is 0 Å². The molecular formula is C16H17ClFN. The number of halogens is 2. The van der Waals surface area contributed by atoms with E-state index in [0.29, 0.717) is 10.6 Å². The molecule has 0 amide bonds. The van der Waals surface area contributed by atoms with Gasteiger partial charge < -0.3 is 5.32 Å². The minimum atomic E-state index is -0.225. The minimum absolute atomic E-state index is 0.179. The molecular weight excluding hydrogens is 261 g/mol. The maximum atomic E-state index is 14.1. The fourth-order valence-electron chi connectivity index (χ4n) is 2.08. The summed E-state index contributed by atoms with van der Waals surface area (Å²) < 4.78 is 14.1. The van der Waals surface area contributed by atoms with Gasteiger partial charge in [-0.2, -0.15) is 0 Å². The van der Waals surface area contributed by atoms with Crippen molar-refractivity contribution >= 4 is 11.6 Å². The van der Waals surface area contributed by atoms with Crippen LogP contribution in [0.5, 0.6) is 0 Å². The topological polar surface area (TPSA) is 12.0 Å². The first-order valence-corrected chi connectivity index (χ1v) is 6.64. The fraction of sp³-hybridized carbons (Fsp3) is 0.250. The van der Waals surface area contributed by atoms with Crippen LogP contribution >= 0.6 is 11.6 Å². The van der Waals surface area contributed by atoms with E-state index in [-0.39, 0.29) is 11.9 Å². The van der Waals surface area contributed by atoms with Crippen molar-refractivity contribution in [2.45, 2.75) is 19.9 Å². The molecule has 0 bridgehead atoms. The van der Waals surface area contributed by atoms with Gasteiger partial charge in [-0.15, -0.1) is 0 Å². The van der Waals surface area contributed by atoms with E-state index in [1.807, 2.05) is 45.2 Å². The summed E-state index contributed by atoms with van der Waals surface area (Å²) in [5.74, 6) is -0.225. The Bertz CT molecular complexity index is 595. The van der Waals surface area contributed by atoms with Gasteiger partial charge in [0.25, 0.3) is 0 Å². The van der Waals surface area contributed by atoms with Gasteiger partial charge in [-0.1, -0.05) is 29.8 Å². The van der Waals surface area contributed by atoms with Gasteiger partial charge in [0.2, 0.25) is 0 Å². The summed E-state index contributed by atoms with van der Waals surface area (Å²) in [5.41, 5.74) is 3.39. The smallest absolute Gasteiger partial charge is 0.131 e. The highest BCUT2D eigenvalue weighted by atomic mass is 35.5. The number of nitrogens with one attached hydrogen (secondary N) is 1. The summed E-state index contributed by atoms with van der Waals surface area (Å²) in [5, 5.41) is 3.81. The van der Waals surface area contributed by atoms with E-state index in [9.17, 15) is 4.39 Å². The van der Waals surface area contributed by atoms with E-state index in [2.05, 4.69) is 5.32 Å². The molecule has 0 aromatic heterocycles. The Kier molecular flexibility index (Phi) is 4.23. The average Bonchev–Trinajstić information content (AvgIpc) is 2.42. The van der Waals surface area contributed by atoms with E-state index in [1.54, 1.807) is 6.07 Å². The van der Waals surface area contributed by atoms with Crippen LogP contribution in [-0.2, 0) is 0 Å². The molecule has 0 aliphatic carbocycles. The minimum Gasteiger partial charge on any atom is -0.313 e. The predicted octanol–water partition coefficient (Wildman–Crippen LogP) is 4.73. The van der Waals surface area contributed by atoms with Crippen LogP contribution in [0.25, 0.3) is 11.1 Å². The standard InChI is InChI=1S/C16H17ClFN/c1-10-13(5-4-6-15(10)17)14-9-12(11(2)19-3)7-8-16(14)18/h4-9,11,19H,1-3H3. The Hall–Kier alpha value is -1.38. The average molecular weight is 278 g/mol. The summed E-state index contributed by atoms with van der Waals surface area (Å²) in [6.07, 6.45) is 0. The molecule has 2 rings (SSSR count). The first-order chi connectivity index (χ1) is 9.04. The van der Waals surface area contributed by atoms with E-state index in [0.717, 1.165) is 16.7 Å². The molecule has 19 heavy (non-hydrogen) atoms. The lowest BCUT2D eigenvalue weighted by Gasteiger charge is -2.14. The van der Waals surface area contributed by atoms with Crippen molar-refractivity contribution in [3.63, 3.8) is 0 Å². The predicted molar refractivity (Wildman–Crippen MR) is 79.1 cm³/mol. The second-order valence-electron chi connectivity index (χ2n) is 4.66. The largest absolute Gasteiger partial charge is 0.313 e. The first kappa shape index (κ1) is 14.0. The molecule has 0 aliphatic heterocycles.